The largest absolute Gasteiger partial charge is 0.335 e. The fourth-order valence-corrected chi connectivity index (χ4v) is 5.36. The number of amides is 2. The molecule has 0 atom stereocenters. The summed E-state index contributed by atoms with van der Waals surface area (Å²) < 4.78 is 1.99. The van der Waals surface area contributed by atoms with Gasteiger partial charge in [0.05, 0.1) is 17.1 Å². The highest BCUT2D eigenvalue weighted by Crippen LogP contribution is 2.30. The van der Waals surface area contributed by atoms with E-state index in [1.807, 2.05) is 76.9 Å². The van der Waals surface area contributed by atoms with E-state index in [4.69, 9.17) is 0 Å². The van der Waals surface area contributed by atoms with Crippen molar-refractivity contribution in [1.82, 2.24) is 19.6 Å². The molecule has 33 heavy (non-hydrogen) atoms. The number of hydrogen-bond donors (Lipinski definition) is 0. The molecule has 0 N–H and O–H groups in total. The summed E-state index contributed by atoms with van der Waals surface area (Å²) in [6.45, 7) is 6.85. The quantitative estimate of drug-likeness (QED) is 0.457. The Morgan fingerprint density at radius 1 is 0.879 bits per heavy atom. The van der Waals surface area contributed by atoms with Crippen LogP contribution >= 0.6 is 11.3 Å². The lowest BCUT2D eigenvalue weighted by atomic mass is 10.1. The summed E-state index contributed by atoms with van der Waals surface area (Å²) in [6, 6.07) is 19.8. The monoisotopic (exact) mass is 458 g/mol. The fourth-order valence-electron chi connectivity index (χ4n) is 4.23. The van der Waals surface area contributed by atoms with E-state index >= 15 is 0 Å². The zero-order valence-electron chi connectivity index (χ0n) is 18.8. The van der Waals surface area contributed by atoms with Gasteiger partial charge in [-0.05, 0) is 37.6 Å². The maximum atomic E-state index is 13.2. The summed E-state index contributed by atoms with van der Waals surface area (Å²) in [5, 5.41) is 5.71. The van der Waals surface area contributed by atoms with Crippen LogP contribution in [0.1, 0.15) is 36.9 Å². The van der Waals surface area contributed by atoms with Gasteiger partial charge >= 0.3 is 0 Å². The third-order valence-electron chi connectivity index (χ3n) is 6.15. The summed E-state index contributed by atoms with van der Waals surface area (Å²) in [6.07, 6.45) is 0. The van der Waals surface area contributed by atoms with Gasteiger partial charge in [0.2, 0.25) is 0 Å². The molecule has 7 heteroatoms. The van der Waals surface area contributed by atoms with E-state index in [1.165, 1.54) is 16.9 Å². The SMILES string of the molecule is Cc1ccc(C(=O)N2CCN(C(=O)c3cc4c(C)nn(Cc5ccccc5)c4s3)CC2)cc1. The van der Waals surface area contributed by atoms with Crippen molar-refractivity contribution < 1.29 is 9.59 Å². The topological polar surface area (TPSA) is 58.4 Å². The molecule has 168 valence electrons. The summed E-state index contributed by atoms with van der Waals surface area (Å²) in [5.74, 6) is 0.0601. The fraction of sp³-hybridized carbons (Fsp3) is 0.269. The van der Waals surface area contributed by atoms with Gasteiger partial charge < -0.3 is 9.80 Å². The zero-order valence-corrected chi connectivity index (χ0v) is 19.6. The third kappa shape index (κ3) is 4.28. The highest BCUT2D eigenvalue weighted by Gasteiger charge is 2.27. The van der Waals surface area contributed by atoms with E-state index in [2.05, 4.69) is 17.2 Å². The van der Waals surface area contributed by atoms with Crippen LogP contribution in [0.3, 0.4) is 0 Å². The van der Waals surface area contributed by atoms with Crippen LogP contribution < -0.4 is 0 Å². The number of rotatable bonds is 4. The van der Waals surface area contributed by atoms with Crippen molar-refractivity contribution in [3.63, 3.8) is 0 Å². The molecule has 2 aromatic carbocycles. The van der Waals surface area contributed by atoms with Crippen LogP contribution in [-0.2, 0) is 6.54 Å². The molecule has 0 aliphatic carbocycles. The molecule has 6 nitrogen and oxygen atoms in total. The molecule has 0 radical (unpaired) electrons. The Hall–Kier alpha value is -3.45. The molecular formula is C26H26N4O2S. The van der Waals surface area contributed by atoms with E-state index in [0.29, 0.717) is 38.3 Å². The number of benzene rings is 2. The predicted octanol–water partition coefficient (Wildman–Crippen LogP) is 4.36. The number of carbonyl (C=O) groups is 2. The first-order valence-electron chi connectivity index (χ1n) is 11.2. The van der Waals surface area contributed by atoms with Crippen LogP contribution in [0.25, 0.3) is 10.2 Å². The Balaban J connectivity index is 1.28. The summed E-state index contributed by atoms with van der Waals surface area (Å²) in [5.41, 5.74) is 3.94. The molecule has 2 aromatic heterocycles. The van der Waals surface area contributed by atoms with Gasteiger partial charge in [0, 0.05) is 37.1 Å². The molecule has 3 heterocycles. The van der Waals surface area contributed by atoms with E-state index in [0.717, 1.165) is 26.4 Å². The molecule has 5 rings (SSSR count). The third-order valence-corrected chi connectivity index (χ3v) is 7.28. The van der Waals surface area contributed by atoms with Crippen LogP contribution in [0.2, 0.25) is 0 Å². The average Bonchev–Trinajstić information content (AvgIpc) is 3.40. The Morgan fingerprint density at radius 2 is 1.52 bits per heavy atom. The smallest absolute Gasteiger partial charge is 0.264 e. The average molecular weight is 459 g/mol. The number of thiophene rings is 1. The lowest BCUT2D eigenvalue weighted by Crippen LogP contribution is -2.50. The summed E-state index contributed by atoms with van der Waals surface area (Å²) in [7, 11) is 0. The molecule has 1 aliphatic rings. The highest BCUT2D eigenvalue weighted by molar-refractivity contribution is 7.20. The molecule has 0 spiro atoms. The molecule has 0 saturated carbocycles. The van der Waals surface area contributed by atoms with Crippen LogP contribution in [0, 0.1) is 13.8 Å². The first kappa shape index (κ1) is 21.4. The van der Waals surface area contributed by atoms with Crippen LogP contribution in [0.5, 0.6) is 0 Å². The summed E-state index contributed by atoms with van der Waals surface area (Å²) >= 11 is 1.50. The lowest BCUT2D eigenvalue weighted by molar-refractivity contribution is 0.0538. The van der Waals surface area contributed by atoms with Crippen molar-refractivity contribution >= 4 is 33.4 Å². The molecule has 1 saturated heterocycles. The lowest BCUT2D eigenvalue weighted by Gasteiger charge is -2.34. The Bertz CT molecular complexity index is 1300. The molecule has 0 unspecified atom stereocenters. The summed E-state index contributed by atoms with van der Waals surface area (Å²) in [4.78, 5) is 31.5. The minimum Gasteiger partial charge on any atom is -0.335 e. The molecule has 2 amide bonds. The van der Waals surface area contributed by atoms with Gasteiger partial charge in [0.15, 0.2) is 0 Å². The number of hydrogen-bond acceptors (Lipinski definition) is 4. The van der Waals surface area contributed by atoms with Crippen LogP contribution in [0.15, 0.2) is 60.7 Å². The maximum Gasteiger partial charge on any atom is 0.264 e. The van der Waals surface area contributed by atoms with Gasteiger partial charge in [-0.3, -0.25) is 14.3 Å². The molecular weight excluding hydrogens is 432 g/mol. The number of aryl methyl sites for hydroxylation is 2. The van der Waals surface area contributed by atoms with Crippen molar-refractivity contribution in [3.8, 4) is 0 Å². The number of aromatic nitrogens is 2. The van der Waals surface area contributed by atoms with Crippen molar-refractivity contribution in [2.75, 3.05) is 26.2 Å². The van der Waals surface area contributed by atoms with Gasteiger partial charge in [0.1, 0.15) is 4.83 Å². The number of piperazine rings is 1. The van der Waals surface area contributed by atoms with Crippen molar-refractivity contribution in [2.45, 2.75) is 20.4 Å². The van der Waals surface area contributed by atoms with Crippen LogP contribution in [-0.4, -0.2) is 57.6 Å². The number of fused-ring (bicyclic) bond motifs is 1. The number of nitrogens with zero attached hydrogens (tertiary/aromatic N) is 4. The van der Waals surface area contributed by atoms with Gasteiger partial charge in [0.25, 0.3) is 11.8 Å². The second-order valence-corrected chi connectivity index (χ2v) is 9.54. The Morgan fingerprint density at radius 3 is 2.18 bits per heavy atom. The second kappa shape index (κ2) is 8.83. The van der Waals surface area contributed by atoms with Crippen molar-refractivity contribution in [1.29, 1.82) is 0 Å². The maximum absolute atomic E-state index is 13.2. The second-order valence-electron chi connectivity index (χ2n) is 8.51. The van der Waals surface area contributed by atoms with Crippen LogP contribution in [0.4, 0.5) is 0 Å². The van der Waals surface area contributed by atoms with E-state index in [-0.39, 0.29) is 11.8 Å². The minimum absolute atomic E-state index is 0.0283. The Labute approximate surface area is 197 Å². The molecule has 1 aliphatic heterocycles. The van der Waals surface area contributed by atoms with Gasteiger partial charge in [-0.25, -0.2) is 0 Å². The van der Waals surface area contributed by atoms with E-state index in [1.54, 1.807) is 0 Å². The van der Waals surface area contributed by atoms with Gasteiger partial charge in [-0.2, -0.15) is 5.10 Å². The van der Waals surface area contributed by atoms with Gasteiger partial charge in [-0.15, -0.1) is 11.3 Å². The van der Waals surface area contributed by atoms with E-state index < -0.39 is 0 Å². The predicted molar refractivity (Wildman–Crippen MR) is 131 cm³/mol. The first-order chi connectivity index (χ1) is 16.0. The highest BCUT2D eigenvalue weighted by atomic mass is 32.1. The van der Waals surface area contributed by atoms with E-state index in [9.17, 15) is 9.59 Å². The molecule has 1 fully saturated rings. The standard InChI is InChI=1S/C26H26N4O2S/c1-18-8-10-21(11-9-18)24(31)28-12-14-29(15-13-28)25(32)23-16-22-19(2)27-30(26(22)33-23)17-20-6-4-3-5-7-20/h3-11,16H,12-15,17H2,1-2H3. The van der Waals surface area contributed by atoms with Gasteiger partial charge in [-0.1, -0.05) is 48.0 Å². The zero-order chi connectivity index (χ0) is 22.9. The molecule has 0 bridgehead atoms. The normalized spacial score (nSPS) is 14.1. The minimum atomic E-state index is 0.0283. The van der Waals surface area contributed by atoms with Crippen molar-refractivity contribution in [3.05, 3.63) is 87.9 Å². The first-order valence-corrected chi connectivity index (χ1v) is 12.0. The van der Waals surface area contributed by atoms with Crippen molar-refractivity contribution in [2.24, 2.45) is 0 Å². The molecule has 4 aromatic rings. The Kier molecular flexibility index (Phi) is 5.72. The number of carbonyl (C=O) groups excluding carboxylic acids is 2.